The minimum Gasteiger partial charge on any atom is -0.259 e. The molecule has 2 heterocycles. The minimum atomic E-state index is -0.971. The van der Waals surface area contributed by atoms with Crippen LogP contribution in [0.3, 0.4) is 0 Å². The Labute approximate surface area is 171 Å². The normalized spacial score (nSPS) is 11.7. The molecule has 3 aromatic rings. The van der Waals surface area contributed by atoms with Crippen LogP contribution in [0.1, 0.15) is 25.3 Å². The lowest BCUT2D eigenvalue weighted by Crippen LogP contribution is -2.04. The maximum Gasteiger partial charge on any atom is 0.199 e. The predicted octanol–water partition coefficient (Wildman–Crippen LogP) is 4.07. The lowest BCUT2D eigenvalue weighted by atomic mass is 10.1. The van der Waals surface area contributed by atoms with Gasteiger partial charge in [-0.3, -0.25) is 4.21 Å². The van der Waals surface area contributed by atoms with Crippen molar-refractivity contribution in [1.82, 2.24) is 19.9 Å². The van der Waals surface area contributed by atoms with Crippen LogP contribution in [0, 0.1) is 11.3 Å². The van der Waals surface area contributed by atoms with E-state index in [9.17, 15) is 9.47 Å². The summed E-state index contributed by atoms with van der Waals surface area (Å²) in [7, 11) is -0.971. The van der Waals surface area contributed by atoms with Gasteiger partial charge in [-0.1, -0.05) is 55.4 Å². The van der Waals surface area contributed by atoms with Gasteiger partial charge in [0, 0.05) is 34.5 Å². The highest BCUT2D eigenvalue weighted by atomic mass is 32.2. The Kier molecular flexibility index (Phi) is 7.23. The fourth-order valence-corrected chi connectivity index (χ4v) is 4.94. The summed E-state index contributed by atoms with van der Waals surface area (Å²) in [5.74, 6) is 1.38. The molecule has 0 saturated heterocycles. The first-order valence-electron chi connectivity index (χ1n) is 8.85. The van der Waals surface area contributed by atoms with E-state index in [1.54, 1.807) is 18.5 Å². The lowest BCUT2D eigenvalue weighted by molar-refractivity contribution is 0.682. The van der Waals surface area contributed by atoms with Crippen LogP contribution in [0.2, 0.25) is 0 Å². The number of nitriles is 1. The fraction of sp³-hybridized carbons (Fsp3) is 0.250. The quantitative estimate of drug-likeness (QED) is 0.409. The van der Waals surface area contributed by atoms with Crippen molar-refractivity contribution in [3.63, 3.8) is 0 Å². The molecule has 0 N–H and O–H groups in total. The molecule has 8 heteroatoms. The van der Waals surface area contributed by atoms with Gasteiger partial charge < -0.3 is 0 Å². The Morgan fingerprint density at radius 2 is 1.82 bits per heavy atom. The van der Waals surface area contributed by atoms with Gasteiger partial charge in [0.15, 0.2) is 11.6 Å². The highest BCUT2D eigenvalue weighted by molar-refractivity contribution is 8.10. The van der Waals surface area contributed by atoms with Crippen LogP contribution in [0.4, 0.5) is 0 Å². The summed E-state index contributed by atoms with van der Waals surface area (Å²) < 4.78 is 12.2. The van der Waals surface area contributed by atoms with Crippen LogP contribution in [0.25, 0.3) is 22.9 Å². The molecule has 0 aliphatic heterocycles. The smallest absolute Gasteiger partial charge is 0.199 e. The average molecular weight is 410 g/mol. The zero-order valence-corrected chi connectivity index (χ0v) is 17.0. The van der Waals surface area contributed by atoms with E-state index in [1.807, 2.05) is 30.3 Å². The molecule has 0 aliphatic rings. The van der Waals surface area contributed by atoms with Gasteiger partial charge in [0.25, 0.3) is 0 Å². The first kappa shape index (κ1) is 20.1. The van der Waals surface area contributed by atoms with Crippen molar-refractivity contribution in [2.45, 2.75) is 24.8 Å². The van der Waals surface area contributed by atoms with Gasteiger partial charge in [-0.15, -0.1) is 0 Å². The Balaban J connectivity index is 2.04. The number of benzene rings is 1. The number of nitrogens with zero attached hydrogens (tertiary/aromatic N) is 5. The predicted molar refractivity (Wildman–Crippen MR) is 112 cm³/mol. The molecule has 6 nitrogen and oxygen atoms in total. The number of unbranched alkanes of at least 4 members (excludes halogenated alkanes) is 1. The molecule has 2 aromatic heterocycles. The topological polar surface area (TPSA) is 92.4 Å². The molecule has 1 atom stereocenters. The van der Waals surface area contributed by atoms with E-state index in [0.717, 1.165) is 18.4 Å². The second kappa shape index (κ2) is 10.1. The molecule has 142 valence electrons. The standard InChI is InChI=1S/C20H19N5OS2/c1-2-3-12-28(26)14-27-20-16(13-21)17(15-8-5-4-6-9-15)24-19(25-20)18-22-10-7-11-23-18/h4-11H,2-3,12,14H2,1H3. The van der Waals surface area contributed by atoms with Gasteiger partial charge in [0.2, 0.25) is 0 Å². The van der Waals surface area contributed by atoms with Crippen molar-refractivity contribution in [3.05, 3.63) is 54.4 Å². The number of rotatable bonds is 8. The Morgan fingerprint density at radius 1 is 1.07 bits per heavy atom. The van der Waals surface area contributed by atoms with Crippen LogP contribution < -0.4 is 0 Å². The van der Waals surface area contributed by atoms with Crippen molar-refractivity contribution in [1.29, 1.82) is 5.26 Å². The second-order valence-electron chi connectivity index (χ2n) is 5.89. The minimum absolute atomic E-state index is 0.347. The molecule has 28 heavy (non-hydrogen) atoms. The Morgan fingerprint density at radius 3 is 2.50 bits per heavy atom. The van der Waals surface area contributed by atoms with E-state index in [1.165, 1.54) is 11.8 Å². The monoisotopic (exact) mass is 409 g/mol. The average Bonchev–Trinajstić information content (AvgIpc) is 2.76. The number of thioether (sulfide) groups is 1. The molecule has 0 aliphatic carbocycles. The van der Waals surface area contributed by atoms with E-state index in [4.69, 9.17) is 0 Å². The number of hydrogen-bond donors (Lipinski definition) is 0. The van der Waals surface area contributed by atoms with E-state index in [0.29, 0.717) is 38.8 Å². The van der Waals surface area contributed by atoms with Crippen molar-refractivity contribution in [2.75, 3.05) is 10.8 Å². The molecule has 1 aromatic carbocycles. The third-order valence-corrected chi connectivity index (χ3v) is 6.69. The third kappa shape index (κ3) is 5.00. The molecule has 0 bridgehead atoms. The Bertz CT molecular complexity index is 991. The van der Waals surface area contributed by atoms with Gasteiger partial charge in [-0.25, -0.2) is 19.9 Å². The summed E-state index contributed by atoms with van der Waals surface area (Å²) in [6.45, 7) is 2.07. The maximum absolute atomic E-state index is 12.2. The van der Waals surface area contributed by atoms with Gasteiger partial charge in [0.1, 0.15) is 16.7 Å². The lowest BCUT2D eigenvalue weighted by Gasteiger charge is -2.10. The van der Waals surface area contributed by atoms with E-state index < -0.39 is 10.8 Å². The fourth-order valence-electron chi connectivity index (χ4n) is 2.45. The van der Waals surface area contributed by atoms with Gasteiger partial charge in [-0.05, 0) is 12.5 Å². The Hall–Kier alpha value is -2.63. The van der Waals surface area contributed by atoms with E-state index in [-0.39, 0.29) is 0 Å². The van der Waals surface area contributed by atoms with Gasteiger partial charge >= 0.3 is 0 Å². The van der Waals surface area contributed by atoms with Crippen molar-refractivity contribution in [2.24, 2.45) is 0 Å². The van der Waals surface area contributed by atoms with Crippen LogP contribution in [-0.4, -0.2) is 35.0 Å². The maximum atomic E-state index is 12.2. The zero-order valence-electron chi connectivity index (χ0n) is 15.4. The van der Waals surface area contributed by atoms with Crippen LogP contribution in [0.5, 0.6) is 0 Å². The molecule has 0 spiro atoms. The molecule has 0 radical (unpaired) electrons. The largest absolute Gasteiger partial charge is 0.259 e. The molecule has 0 amide bonds. The van der Waals surface area contributed by atoms with E-state index in [2.05, 4.69) is 32.9 Å². The molecular formula is C20H19N5OS2. The molecule has 1 unspecified atom stereocenters. The summed E-state index contributed by atoms with van der Waals surface area (Å²) in [5, 5.41) is 10.7. The highest BCUT2D eigenvalue weighted by Gasteiger charge is 2.19. The van der Waals surface area contributed by atoms with Crippen molar-refractivity contribution in [3.8, 4) is 29.0 Å². The van der Waals surface area contributed by atoms with Crippen LogP contribution >= 0.6 is 11.8 Å². The summed E-state index contributed by atoms with van der Waals surface area (Å²) in [6.07, 6.45) is 5.17. The molecular weight excluding hydrogens is 390 g/mol. The van der Waals surface area contributed by atoms with Gasteiger partial charge in [0.05, 0.1) is 10.8 Å². The zero-order chi connectivity index (χ0) is 19.8. The summed E-state index contributed by atoms with van der Waals surface area (Å²) in [5.41, 5.74) is 1.72. The third-order valence-electron chi connectivity index (χ3n) is 3.85. The second-order valence-corrected chi connectivity index (χ2v) is 8.79. The molecule has 3 rings (SSSR count). The summed E-state index contributed by atoms with van der Waals surface area (Å²) >= 11 is 1.32. The van der Waals surface area contributed by atoms with Crippen molar-refractivity contribution >= 4 is 22.6 Å². The molecule has 0 fully saturated rings. The van der Waals surface area contributed by atoms with Crippen LogP contribution in [-0.2, 0) is 10.8 Å². The SMILES string of the molecule is CCCCS(=O)CSc1nc(-c2ncccn2)nc(-c2ccccc2)c1C#N. The summed E-state index contributed by atoms with van der Waals surface area (Å²) in [4.78, 5) is 17.6. The number of aromatic nitrogens is 4. The highest BCUT2D eigenvalue weighted by Crippen LogP contribution is 2.31. The molecule has 0 saturated carbocycles. The first-order chi connectivity index (χ1) is 13.7. The van der Waals surface area contributed by atoms with Crippen LogP contribution in [0.15, 0.2) is 53.8 Å². The number of hydrogen-bond acceptors (Lipinski definition) is 7. The van der Waals surface area contributed by atoms with Crippen molar-refractivity contribution < 1.29 is 4.21 Å². The van der Waals surface area contributed by atoms with E-state index >= 15 is 0 Å². The summed E-state index contributed by atoms with van der Waals surface area (Å²) in [6, 6.07) is 13.4. The first-order valence-corrected chi connectivity index (χ1v) is 11.3. The van der Waals surface area contributed by atoms with Gasteiger partial charge in [-0.2, -0.15) is 5.26 Å².